The van der Waals surface area contributed by atoms with Crippen LogP contribution in [0.25, 0.3) is 11.2 Å². The third kappa shape index (κ3) is 1.92. The lowest BCUT2D eigenvalue weighted by Crippen LogP contribution is -2.41. The first-order valence-electron chi connectivity index (χ1n) is 6.34. The number of imidazole rings is 1. The minimum absolute atomic E-state index is 0.0183. The number of rotatable bonds is 2. The smallest absolute Gasteiger partial charge is 0.282 e. The van der Waals surface area contributed by atoms with Crippen LogP contribution in [0.3, 0.4) is 0 Å². The zero-order valence-electron chi connectivity index (χ0n) is 11.2. The molecule has 4 atom stereocenters. The van der Waals surface area contributed by atoms with E-state index in [1.807, 2.05) is 0 Å². The predicted octanol–water partition coefficient (Wildman–Crippen LogP) is -2.71. The Morgan fingerprint density at radius 1 is 1.52 bits per heavy atom. The molecular formula is C11H16N6O4. The number of nitrogens with zero attached hydrogens (tertiary/aromatic N) is 4. The average molecular weight is 296 g/mol. The maximum absolute atomic E-state index is 12.0. The van der Waals surface area contributed by atoms with Crippen LogP contribution in [0.5, 0.6) is 0 Å². The number of nitrogens with two attached hydrogens (primary N) is 2. The van der Waals surface area contributed by atoms with Crippen molar-refractivity contribution in [3.63, 3.8) is 0 Å². The minimum atomic E-state index is -1.06. The molecule has 2 aromatic heterocycles. The highest BCUT2D eigenvalue weighted by molar-refractivity contribution is 5.71. The Kier molecular flexibility index (Phi) is 3.17. The first-order chi connectivity index (χ1) is 9.95. The topological polar surface area (TPSA) is 154 Å². The van der Waals surface area contributed by atoms with Gasteiger partial charge in [-0.05, 0) is 0 Å². The van der Waals surface area contributed by atoms with E-state index in [2.05, 4.69) is 9.97 Å². The molecule has 0 radical (unpaired) electrons. The number of fused-ring (bicyclic) bond motifs is 1. The molecule has 0 bridgehead atoms. The molecule has 3 heterocycles. The van der Waals surface area contributed by atoms with Gasteiger partial charge in [-0.25, -0.2) is 4.98 Å². The number of nitrogen functional groups attached to an aromatic ring is 1. The van der Waals surface area contributed by atoms with E-state index in [0.29, 0.717) is 0 Å². The van der Waals surface area contributed by atoms with Crippen LogP contribution in [-0.4, -0.2) is 54.2 Å². The van der Waals surface area contributed by atoms with Crippen LogP contribution < -0.4 is 17.0 Å². The molecule has 10 nitrogen and oxygen atoms in total. The molecule has 3 rings (SSSR count). The van der Waals surface area contributed by atoms with Crippen molar-refractivity contribution in [2.45, 2.75) is 24.5 Å². The van der Waals surface area contributed by atoms with Crippen LogP contribution in [0.2, 0.25) is 0 Å². The van der Waals surface area contributed by atoms with E-state index < -0.39 is 30.0 Å². The van der Waals surface area contributed by atoms with Gasteiger partial charge in [0.2, 0.25) is 5.95 Å². The fourth-order valence-electron chi connectivity index (χ4n) is 2.40. The van der Waals surface area contributed by atoms with Gasteiger partial charge in [0.1, 0.15) is 12.2 Å². The van der Waals surface area contributed by atoms with Gasteiger partial charge in [-0.1, -0.05) is 0 Å². The molecular weight excluding hydrogens is 280 g/mol. The van der Waals surface area contributed by atoms with Gasteiger partial charge in [0.05, 0.1) is 19.0 Å². The number of aromatic nitrogens is 4. The Labute approximate surface area is 118 Å². The quantitative estimate of drug-likeness (QED) is 0.466. The molecule has 0 spiro atoms. The van der Waals surface area contributed by atoms with Gasteiger partial charge in [0, 0.05) is 7.05 Å². The van der Waals surface area contributed by atoms with Crippen molar-refractivity contribution in [2.24, 2.45) is 12.8 Å². The summed E-state index contributed by atoms with van der Waals surface area (Å²) in [6.07, 6.45) is -1.32. The first kappa shape index (κ1) is 13.9. The van der Waals surface area contributed by atoms with Gasteiger partial charge >= 0.3 is 0 Å². The van der Waals surface area contributed by atoms with Crippen molar-refractivity contribution in [1.82, 2.24) is 19.1 Å². The lowest BCUT2D eigenvalue weighted by molar-refractivity contribution is -0.0488. The summed E-state index contributed by atoms with van der Waals surface area (Å²) < 4.78 is 8.08. The summed E-state index contributed by atoms with van der Waals surface area (Å²) in [5.74, 6) is 0.0183. The van der Waals surface area contributed by atoms with Crippen molar-refractivity contribution in [1.29, 1.82) is 0 Å². The van der Waals surface area contributed by atoms with Crippen LogP contribution in [0.15, 0.2) is 11.1 Å². The van der Waals surface area contributed by atoms with E-state index in [4.69, 9.17) is 16.2 Å². The summed E-state index contributed by atoms with van der Waals surface area (Å²) in [6.45, 7) is -0.321. The van der Waals surface area contributed by atoms with E-state index in [1.165, 1.54) is 22.5 Å². The summed E-state index contributed by atoms with van der Waals surface area (Å²) in [4.78, 5) is 20.1. The first-order valence-corrected chi connectivity index (χ1v) is 6.34. The molecule has 1 unspecified atom stereocenters. The van der Waals surface area contributed by atoms with Crippen LogP contribution in [0.4, 0.5) is 5.95 Å². The summed E-state index contributed by atoms with van der Waals surface area (Å²) in [6, 6.07) is -0.749. The molecule has 6 N–H and O–H groups in total. The SMILES string of the molecule is Cn1c(N)nc2c(ncn2[C@@H]2O[C@H](CO)C(N)[C@H]2O)c1=O. The van der Waals surface area contributed by atoms with E-state index in [9.17, 15) is 15.0 Å². The highest BCUT2D eigenvalue weighted by Crippen LogP contribution is 2.29. The number of aliphatic hydroxyl groups excluding tert-OH is 2. The minimum Gasteiger partial charge on any atom is -0.394 e. The lowest BCUT2D eigenvalue weighted by atomic mass is 10.1. The second kappa shape index (κ2) is 4.77. The van der Waals surface area contributed by atoms with Crippen molar-refractivity contribution in [3.05, 3.63) is 16.7 Å². The average Bonchev–Trinajstić information content (AvgIpc) is 2.99. The number of anilines is 1. The molecule has 0 aliphatic carbocycles. The van der Waals surface area contributed by atoms with Gasteiger partial charge < -0.3 is 26.4 Å². The Balaban J connectivity index is 2.12. The van der Waals surface area contributed by atoms with Crippen molar-refractivity contribution >= 4 is 17.1 Å². The molecule has 114 valence electrons. The highest BCUT2D eigenvalue weighted by atomic mass is 16.5. The van der Waals surface area contributed by atoms with Crippen LogP contribution >= 0.6 is 0 Å². The second-order valence-electron chi connectivity index (χ2n) is 4.97. The molecule has 0 amide bonds. The zero-order valence-corrected chi connectivity index (χ0v) is 11.2. The largest absolute Gasteiger partial charge is 0.394 e. The number of ether oxygens (including phenoxy) is 1. The van der Waals surface area contributed by atoms with Crippen molar-refractivity contribution in [3.8, 4) is 0 Å². The zero-order chi connectivity index (χ0) is 15.3. The molecule has 1 aliphatic heterocycles. The molecule has 1 aliphatic rings. The summed E-state index contributed by atoms with van der Waals surface area (Å²) in [5.41, 5.74) is 11.4. The molecule has 10 heteroatoms. The molecule has 1 fully saturated rings. The Hall–Kier alpha value is -2.01. The van der Waals surface area contributed by atoms with Gasteiger partial charge in [0.15, 0.2) is 17.4 Å². The lowest BCUT2D eigenvalue weighted by Gasteiger charge is -2.17. The predicted molar refractivity (Wildman–Crippen MR) is 72.2 cm³/mol. The van der Waals surface area contributed by atoms with Crippen LogP contribution in [0.1, 0.15) is 6.23 Å². The third-order valence-corrected chi connectivity index (χ3v) is 3.72. The van der Waals surface area contributed by atoms with Gasteiger partial charge in [-0.3, -0.25) is 13.9 Å². The maximum Gasteiger partial charge on any atom is 0.282 e. The number of aliphatic hydroxyl groups is 2. The standard InChI is InChI=1S/C11H16N6O4/c1-16-9(20)6-8(15-11(16)13)17(3-14-6)10-7(19)5(12)4(2-18)21-10/h3-5,7,10,18-19H,2,12H2,1H3,(H2,13,15)/t4-,5?,7-,10-/m1/s1. The van der Waals surface area contributed by atoms with E-state index in [1.54, 1.807) is 0 Å². The van der Waals surface area contributed by atoms with Gasteiger partial charge in [-0.2, -0.15) is 4.98 Å². The third-order valence-electron chi connectivity index (χ3n) is 3.72. The van der Waals surface area contributed by atoms with Gasteiger partial charge in [0.25, 0.3) is 5.56 Å². The van der Waals surface area contributed by atoms with Gasteiger partial charge in [-0.15, -0.1) is 0 Å². The second-order valence-corrected chi connectivity index (χ2v) is 4.97. The van der Waals surface area contributed by atoms with E-state index >= 15 is 0 Å². The van der Waals surface area contributed by atoms with Crippen molar-refractivity contribution in [2.75, 3.05) is 12.3 Å². The highest BCUT2D eigenvalue weighted by Gasteiger charge is 2.42. The molecule has 1 saturated heterocycles. The van der Waals surface area contributed by atoms with Crippen LogP contribution in [-0.2, 0) is 11.8 Å². The molecule has 0 aromatic carbocycles. The normalized spacial score (nSPS) is 29.3. The Morgan fingerprint density at radius 2 is 2.24 bits per heavy atom. The fourth-order valence-corrected chi connectivity index (χ4v) is 2.40. The number of hydrogen-bond donors (Lipinski definition) is 4. The molecule has 2 aromatic rings. The molecule has 0 saturated carbocycles. The fraction of sp³-hybridized carbons (Fsp3) is 0.545. The summed E-state index contributed by atoms with van der Waals surface area (Å²) in [5, 5.41) is 19.3. The van der Waals surface area contributed by atoms with E-state index in [-0.39, 0.29) is 23.7 Å². The monoisotopic (exact) mass is 296 g/mol. The summed E-state index contributed by atoms with van der Waals surface area (Å²) in [7, 11) is 1.49. The summed E-state index contributed by atoms with van der Waals surface area (Å²) >= 11 is 0. The Bertz CT molecular complexity index is 740. The van der Waals surface area contributed by atoms with Crippen LogP contribution in [0, 0.1) is 0 Å². The molecule has 21 heavy (non-hydrogen) atoms. The number of hydrogen-bond acceptors (Lipinski definition) is 8. The van der Waals surface area contributed by atoms with E-state index in [0.717, 1.165) is 0 Å². The van der Waals surface area contributed by atoms with Crippen molar-refractivity contribution < 1.29 is 14.9 Å². The Morgan fingerprint density at radius 3 is 2.86 bits per heavy atom. The maximum atomic E-state index is 12.0.